The quantitative estimate of drug-likeness (QED) is 0.328. The molecule has 0 fully saturated rings. The Kier molecular flexibility index (Phi) is 3.79. The van der Waals surface area contributed by atoms with E-state index in [4.69, 9.17) is 25.5 Å². The molecule has 78 valence electrons. The Balaban J connectivity index is 0. The van der Waals surface area contributed by atoms with Crippen LogP contribution < -0.4 is 0 Å². The minimum atomic E-state index is -2.64. The second kappa shape index (κ2) is 4.17. The summed E-state index contributed by atoms with van der Waals surface area (Å²) in [4.78, 5) is 20.5. The highest BCUT2D eigenvalue weighted by Gasteiger charge is 2.40. The van der Waals surface area contributed by atoms with Crippen molar-refractivity contribution in [2.75, 3.05) is 0 Å². The third-order valence-electron chi connectivity index (χ3n) is 1.36. The van der Waals surface area contributed by atoms with E-state index in [0.717, 1.165) is 0 Å². The topological polar surface area (TPSA) is 135 Å². The van der Waals surface area contributed by atoms with Crippen LogP contribution in [0.4, 0.5) is 0 Å². The lowest BCUT2D eigenvalue weighted by atomic mass is 9.95. The fourth-order valence-electron chi connectivity index (χ4n) is 0.787. The van der Waals surface area contributed by atoms with Gasteiger partial charge in [-0.3, -0.25) is 4.79 Å². The Hall–Kier alpha value is -1.18. The van der Waals surface area contributed by atoms with Gasteiger partial charge in [-0.2, -0.15) is 0 Å². The molecule has 0 saturated carbocycles. The minimum Gasteiger partial charge on any atom is -0.481 e. The van der Waals surface area contributed by atoms with E-state index in [-0.39, 0.29) is 1.43 Å². The Morgan fingerprint density at radius 2 is 1.77 bits per heavy atom. The first-order valence-corrected chi connectivity index (χ1v) is 3.31. The monoisotopic (exact) mass is 196 g/mol. The number of hydrogen-bond donors (Lipinski definition) is 5. The van der Waals surface area contributed by atoms with Crippen molar-refractivity contribution in [3.63, 3.8) is 0 Å². The molecule has 0 rings (SSSR count). The van der Waals surface area contributed by atoms with E-state index in [1.54, 1.807) is 0 Å². The van der Waals surface area contributed by atoms with Crippen molar-refractivity contribution in [1.82, 2.24) is 0 Å². The molecule has 13 heavy (non-hydrogen) atoms. The number of rotatable bonds is 5. The molecular formula is C6H12O7. The molecule has 0 saturated heterocycles. The van der Waals surface area contributed by atoms with Crippen molar-refractivity contribution < 1.29 is 36.5 Å². The van der Waals surface area contributed by atoms with Crippen molar-refractivity contribution in [2.24, 2.45) is 0 Å². The third-order valence-corrected chi connectivity index (χ3v) is 1.36. The molecule has 0 radical (unpaired) electrons. The van der Waals surface area contributed by atoms with Gasteiger partial charge in [0.05, 0.1) is 6.42 Å². The molecule has 0 aromatic carbocycles. The van der Waals surface area contributed by atoms with Gasteiger partial charge in [-0.05, 0) is 0 Å². The number of aliphatic hydroxyl groups excluding tert-OH is 1. The van der Waals surface area contributed by atoms with Crippen LogP contribution in [0.1, 0.15) is 14.3 Å². The fraction of sp³-hybridized carbons (Fsp3) is 0.667. The Morgan fingerprint density at radius 1 is 1.31 bits per heavy atom. The van der Waals surface area contributed by atoms with Crippen molar-refractivity contribution >= 4 is 11.9 Å². The zero-order valence-electron chi connectivity index (χ0n) is 6.54. The highest BCUT2D eigenvalue weighted by molar-refractivity contribution is 5.83. The summed E-state index contributed by atoms with van der Waals surface area (Å²) in [5.41, 5.74) is -2.64. The summed E-state index contributed by atoms with van der Waals surface area (Å²) in [6.07, 6.45) is -4.10. The molecular weight excluding hydrogens is 184 g/mol. The molecule has 1 unspecified atom stereocenters. The highest BCUT2D eigenvalue weighted by Crippen LogP contribution is 2.17. The molecule has 0 aromatic rings. The summed E-state index contributed by atoms with van der Waals surface area (Å²) in [7, 11) is 0. The van der Waals surface area contributed by atoms with Gasteiger partial charge >= 0.3 is 11.9 Å². The number of carboxylic acid groups (broad SMARTS) is 2. The standard InChI is InChI=1S/C6H10O7.H2/c7-3(8)1-6(13,5(11)12)2-4(9)10;/h3,7-8,13H,1-2H2,(H,9,10)(H,11,12);1H. The van der Waals surface area contributed by atoms with Gasteiger partial charge in [-0.25, -0.2) is 4.79 Å². The van der Waals surface area contributed by atoms with Crippen LogP contribution in [0.25, 0.3) is 0 Å². The third kappa shape index (κ3) is 3.83. The first kappa shape index (κ1) is 11.8. The van der Waals surface area contributed by atoms with Crippen molar-refractivity contribution in [2.45, 2.75) is 24.7 Å². The first-order chi connectivity index (χ1) is 5.78. The maximum atomic E-state index is 10.4. The zero-order valence-corrected chi connectivity index (χ0v) is 6.54. The SMILES string of the molecule is O=C(O)CC(O)(CC(O)O)C(=O)O.[HH]. The van der Waals surface area contributed by atoms with Gasteiger partial charge in [-0.15, -0.1) is 0 Å². The molecule has 7 heteroatoms. The molecule has 5 N–H and O–H groups in total. The predicted octanol–water partition coefficient (Wildman–Crippen LogP) is -1.78. The molecule has 0 spiro atoms. The largest absolute Gasteiger partial charge is 0.481 e. The molecule has 0 aliphatic heterocycles. The first-order valence-electron chi connectivity index (χ1n) is 3.31. The summed E-state index contributed by atoms with van der Waals surface area (Å²) < 4.78 is 0. The van der Waals surface area contributed by atoms with Gasteiger partial charge in [0.25, 0.3) is 0 Å². The average Bonchev–Trinajstić information content (AvgIpc) is 1.82. The van der Waals surface area contributed by atoms with E-state index in [2.05, 4.69) is 0 Å². The maximum Gasteiger partial charge on any atom is 0.336 e. The van der Waals surface area contributed by atoms with Crippen LogP contribution in [0.2, 0.25) is 0 Å². The van der Waals surface area contributed by atoms with Gasteiger partial charge in [0.15, 0.2) is 11.9 Å². The van der Waals surface area contributed by atoms with Crippen molar-refractivity contribution in [3.05, 3.63) is 0 Å². The molecule has 7 nitrogen and oxygen atoms in total. The van der Waals surface area contributed by atoms with E-state index in [1.807, 2.05) is 0 Å². The van der Waals surface area contributed by atoms with Crippen LogP contribution in [0.3, 0.4) is 0 Å². The van der Waals surface area contributed by atoms with Crippen molar-refractivity contribution in [3.8, 4) is 0 Å². The van der Waals surface area contributed by atoms with E-state index in [0.29, 0.717) is 0 Å². The lowest BCUT2D eigenvalue weighted by Crippen LogP contribution is -2.43. The van der Waals surface area contributed by atoms with Gasteiger partial charge < -0.3 is 25.5 Å². The Labute approximate surface area is 74.3 Å². The minimum absolute atomic E-state index is 0. The smallest absolute Gasteiger partial charge is 0.336 e. The molecule has 0 aliphatic rings. The van der Waals surface area contributed by atoms with Gasteiger partial charge in [0, 0.05) is 7.85 Å². The number of aliphatic hydroxyl groups is 3. The molecule has 1 atom stereocenters. The van der Waals surface area contributed by atoms with Crippen LogP contribution >= 0.6 is 0 Å². The van der Waals surface area contributed by atoms with Crippen molar-refractivity contribution in [1.29, 1.82) is 0 Å². The lowest BCUT2D eigenvalue weighted by molar-refractivity contribution is -0.175. The molecule has 0 heterocycles. The van der Waals surface area contributed by atoms with Gasteiger partial charge in [0.2, 0.25) is 0 Å². The Bertz CT molecular complexity index is 216. The van der Waals surface area contributed by atoms with E-state index < -0.39 is 36.7 Å². The predicted molar refractivity (Wildman–Crippen MR) is 39.8 cm³/mol. The zero-order chi connectivity index (χ0) is 10.6. The van der Waals surface area contributed by atoms with Gasteiger partial charge in [0.1, 0.15) is 0 Å². The van der Waals surface area contributed by atoms with Crippen LogP contribution in [0, 0.1) is 0 Å². The fourth-order valence-corrected chi connectivity index (χ4v) is 0.787. The van der Waals surface area contributed by atoms with Crippen LogP contribution in [0.5, 0.6) is 0 Å². The molecule has 0 aromatic heterocycles. The highest BCUT2D eigenvalue weighted by atomic mass is 16.5. The average molecular weight is 196 g/mol. The van der Waals surface area contributed by atoms with Gasteiger partial charge in [-0.1, -0.05) is 0 Å². The number of hydrogen-bond acceptors (Lipinski definition) is 5. The van der Waals surface area contributed by atoms with Crippen LogP contribution in [-0.4, -0.2) is 49.4 Å². The summed E-state index contributed by atoms with van der Waals surface area (Å²) in [5.74, 6) is -3.34. The van der Waals surface area contributed by atoms with Crippen LogP contribution in [0.15, 0.2) is 0 Å². The maximum absolute atomic E-state index is 10.4. The number of carbonyl (C=O) groups is 2. The summed E-state index contributed by atoms with van der Waals surface area (Å²) >= 11 is 0. The lowest BCUT2D eigenvalue weighted by Gasteiger charge is -2.21. The van der Waals surface area contributed by atoms with Crippen LogP contribution in [-0.2, 0) is 9.59 Å². The second-order valence-electron chi connectivity index (χ2n) is 2.59. The van der Waals surface area contributed by atoms with E-state index in [9.17, 15) is 9.59 Å². The van der Waals surface area contributed by atoms with E-state index in [1.165, 1.54) is 0 Å². The Morgan fingerprint density at radius 3 is 2.00 bits per heavy atom. The molecule has 0 aliphatic carbocycles. The van der Waals surface area contributed by atoms with E-state index >= 15 is 0 Å². The summed E-state index contributed by atoms with van der Waals surface area (Å²) in [5, 5.41) is 42.5. The second-order valence-corrected chi connectivity index (χ2v) is 2.59. The number of carboxylic acids is 2. The number of aliphatic carboxylic acids is 2. The molecule has 0 bridgehead atoms. The summed E-state index contributed by atoms with van der Waals surface area (Å²) in [6, 6.07) is 0. The summed E-state index contributed by atoms with van der Waals surface area (Å²) in [6.45, 7) is 0. The normalized spacial score (nSPS) is 15.4. The molecule has 0 amide bonds.